The summed E-state index contributed by atoms with van der Waals surface area (Å²) in [4.78, 5) is 29.4. The van der Waals surface area contributed by atoms with Crippen LogP contribution in [0.3, 0.4) is 0 Å². The maximum absolute atomic E-state index is 13.0. The van der Waals surface area contributed by atoms with E-state index in [0.29, 0.717) is 16.6 Å². The zero-order chi connectivity index (χ0) is 24.8. The topological polar surface area (TPSA) is 59.1 Å². The number of anilines is 1. The fourth-order valence-electron chi connectivity index (χ4n) is 3.93. The second-order valence-electron chi connectivity index (χ2n) is 8.48. The average molecular weight is 483 g/mol. The van der Waals surface area contributed by atoms with E-state index in [9.17, 15) is 9.59 Å². The molecule has 0 bridgehead atoms. The first kappa shape index (κ1) is 25.7. The minimum Gasteiger partial charge on any atom is -0.496 e. The molecule has 0 atom stereocenters. The molecule has 0 N–H and O–H groups in total. The minimum absolute atomic E-state index is 0.200. The third-order valence-electron chi connectivity index (χ3n) is 5.87. The second kappa shape index (κ2) is 11.5. The Kier molecular flexibility index (Phi) is 8.67. The van der Waals surface area contributed by atoms with Crippen LogP contribution in [0, 0.1) is 6.92 Å². The molecule has 0 aromatic heterocycles. The van der Waals surface area contributed by atoms with Gasteiger partial charge in [-0.25, -0.2) is 0 Å². The highest BCUT2D eigenvalue weighted by atomic mass is 32.2. The Bertz CT molecular complexity index is 1080. The predicted octanol–water partition coefficient (Wildman–Crippen LogP) is 6.09. The number of hydrogen-bond donors (Lipinski definition) is 0. The third kappa shape index (κ3) is 5.76. The standard InChI is InChI=1S/C27H34N2O4S/c1-7-28(8-2)21-11-10-20(23(17-21)32-6)16-25-26(30)29(27(31)34-25)13-14-33-24-15-19(5)9-12-22(24)18(3)4/h9-12,15-18H,7-8,13-14H2,1-6H3/b25-16-. The van der Waals surface area contributed by atoms with Crippen molar-refractivity contribution in [2.45, 2.75) is 40.5 Å². The van der Waals surface area contributed by atoms with E-state index >= 15 is 0 Å². The summed E-state index contributed by atoms with van der Waals surface area (Å²) >= 11 is 0.949. The summed E-state index contributed by atoms with van der Waals surface area (Å²) in [6.07, 6.45) is 1.73. The molecule has 2 aromatic carbocycles. The lowest BCUT2D eigenvalue weighted by Gasteiger charge is -2.22. The number of ether oxygens (including phenoxy) is 2. The van der Waals surface area contributed by atoms with Crippen molar-refractivity contribution in [2.75, 3.05) is 38.3 Å². The lowest BCUT2D eigenvalue weighted by molar-refractivity contribution is -0.123. The number of nitrogens with zero attached hydrogens (tertiary/aromatic N) is 2. The number of benzene rings is 2. The van der Waals surface area contributed by atoms with Gasteiger partial charge in [0.1, 0.15) is 18.1 Å². The van der Waals surface area contributed by atoms with Crippen molar-refractivity contribution in [1.29, 1.82) is 0 Å². The van der Waals surface area contributed by atoms with Crippen molar-refractivity contribution in [3.8, 4) is 11.5 Å². The smallest absolute Gasteiger partial charge is 0.293 e. The first-order chi connectivity index (χ1) is 16.3. The largest absolute Gasteiger partial charge is 0.496 e. The molecule has 0 saturated carbocycles. The lowest BCUT2D eigenvalue weighted by Crippen LogP contribution is -2.32. The molecular formula is C27H34N2O4S. The highest BCUT2D eigenvalue weighted by Gasteiger charge is 2.35. The molecular weight excluding hydrogens is 448 g/mol. The second-order valence-corrected chi connectivity index (χ2v) is 9.47. The van der Waals surface area contributed by atoms with E-state index in [0.717, 1.165) is 53.0 Å². The van der Waals surface area contributed by atoms with Crippen LogP contribution < -0.4 is 14.4 Å². The first-order valence-corrected chi connectivity index (χ1v) is 12.5. The normalized spacial score (nSPS) is 14.9. The Morgan fingerprint density at radius 2 is 1.79 bits per heavy atom. The molecule has 1 saturated heterocycles. The van der Waals surface area contributed by atoms with Crippen LogP contribution in [0.4, 0.5) is 10.5 Å². The van der Waals surface area contributed by atoms with Gasteiger partial charge < -0.3 is 14.4 Å². The van der Waals surface area contributed by atoms with Crippen LogP contribution in [0.5, 0.6) is 11.5 Å². The molecule has 0 unspecified atom stereocenters. The van der Waals surface area contributed by atoms with Crippen LogP contribution in [0.15, 0.2) is 41.3 Å². The van der Waals surface area contributed by atoms with E-state index in [1.165, 1.54) is 4.90 Å². The number of rotatable bonds is 10. The van der Waals surface area contributed by atoms with Crippen LogP contribution in [0.2, 0.25) is 0 Å². The summed E-state index contributed by atoms with van der Waals surface area (Å²) < 4.78 is 11.6. The van der Waals surface area contributed by atoms with Crippen molar-refractivity contribution in [2.24, 2.45) is 0 Å². The zero-order valence-electron chi connectivity index (χ0n) is 20.9. The van der Waals surface area contributed by atoms with Crippen molar-refractivity contribution in [3.05, 3.63) is 58.0 Å². The molecule has 6 nitrogen and oxygen atoms in total. The highest BCUT2D eigenvalue weighted by molar-refractivity contribution is 8.18. The number of imide groups is 1. The van der Waals surface area contributed by atoms with Gasteiger partial charge in [-0.15, -0.1) is 0 Å². The van der Waals surface area contributed by atoms with Gasteiger partial charge in [0.05, 0.1) is 18.6 Å². The number of amides is 2. The van der Waals surface area contributed by atoms with E-state index in [-0.39, 0.29) is 24.3 Å². The van der Waals surface area contributed by atoms with Gasteiger partial charge in [0, 0.05) is 30.4 Å². The Morgan fingerprint density at radius 1 is 1.06 bits per heavy atom. The number of methoxy groups -OCH3 is 1. The highest BCUT2D eigenvalue weighted by Crippen LogP contribution is 2.35. The van der Waals surface area contributed by atoms with E-state index in [2.05, 4.69) is 44.7 Å². The monoisotopic (exact) mass is 482 g/mol. The Hall–Kier alpha value is -2.93. The summed E-state index contributed by atoms with van der Waals surface area (Å²) in [5.74, 6) is 1.48. The van der Waals surface area contributed by atoms with Gasteiger partial charge in [-0.05, 0) is 73.9 Å². The van der Waals surface area contributed by atoms with Crippen LogP contribution in [-0.2, 0) is 4.79 Å². The molecule has 2 amide bonds. The van der Waals surface area contributed by atoms with E-state index in [4.69, 9.17) is 9.47 Å². The van der Waals surface area contributed by atoms with Crippen LogP contribution >= 0.6 is 11.8 Å². The number of aryl methyl sites for hydroxylation is 1. The van der Waals surface area contributed by atoms with Crippen molar-refractivity contribution < 1.29 is 19.1 Å². The van der Waals surface area contributed by atoms with Gasteiger partial charge in [0.25, 0.3) is 11.1 Å². The number of carbonyl (C=O) groups is 2. The van der Waals surface area contributed by atoms with E-state index in [1.807, 2.05) is 31.2 Å². The number of hydrogen-bond acceptors (Lipinski definition) is 6. The van der Waals surface area contributed by atoms with Crippen LogP contribution in [-0.4, -0.2) is 49.4 Å². The third-order valence-corrected chi connectivity index (χ3v) is 6.78. The molecule has 0 aliphatic carbocycles. The molecule has 1 fully saturated rings. The first-order valence-electron chi connectivity index (χ1n) is 11.7. The molecule has 1 aliphatic heterocycles. The predicted molar refractivity (Wildman–Crippen MR) is 140 cm³/mol. The van der Waals surface area contributed by atoms with Gasteiger partial charge in [0.2, 0.25) is 0 Å². The Morgan fingerprint density at radius 3 is 2.44 bits per heavy atom. The molecule has 34 heavy (non-hydrogen) atoms. The average Bonchev–Trinajstić information content (AvgIpc) is 3.07. The van der Waals surface area contributed by atoms with Crippen molar-refractivity contribution in [1.82, 2.24) is 4.90 Å². The Balaban J connectivity index is 1.72. The number of thioether (sulfide) groups is 1. The van der Waals surface area contributed by atoms with E-state index < -0.39 is 0 Å². The maximum Gasteiger partial charge on any atom is 0.293 e. The summed E-state index contributed by atoms with van der Waals surface area (Å²) in [6.45, 7) is 12.7. The van der Waals surface area contributed by atoms with Gasteiger partial charge in [-0.3, -0.25) is 14.5 Å². The fraction of sp³-hybridized carbons (Fsp3) is 0.407. The summed E-state index contributed by atoms with van der Waals surface area (Å²) in [7, 11) is 1.61. The van der Waals surface area contributed by atoms with Gasteiger partial charge in [-0.2, -0.15) is 0 Å². The maximum atomic E-state index is 13.0. The number of carbonyl (C=O) groups excluding carboxylic acids is 2. The van der Waals surface area contributed by atoms with Gasteiger partial charge >= 0.3 is 0 Å². The summed E-state index contributed by atoms with van der Waals surface area (Å²) in [6, 6.07) is 12.0. The SMILES string of the molecule is CCN(CC)c1ccc(/C=C2\SC(=O)N(CCOc3cc(C)ccc3C(C)C)C2=O)c(OC)c1. The Labute approximate surface area is 206 Å². The molecule has 1 aliphatic rings. The molecule has 3 rings (SSSR count). The van der Waals surface area contributed by atoms with Crippen molar-refractivity contribution in [3.63, 3.8) is 0 Å². The van der Waals surface area contributed by atoms with Crippen molar-refractivity contribution >= 4 is 34.7 Å². The summed E-state index contributed by atoms with van der Waals surface area (Å²) in [5.41, 5.74) is 4.04. The van der Waals surface area contributed by atoms with Gasteiger partial charge in [0.15, 0.2) is 0 Å². The minimum atomic E-state index is -0.304. The lowest BCUT2D eigenvalue weighted by atomic mass is 10.0. The summed E-state index contributed by atoms with van der Waals surface area (Å²) in [5, 5.41) is -0.285. The van der Waals surface area contributed by atoms with E-state index in [1.54, 1.807) is 13.2 Å². The molecule has 2 aromatic rings. The van der Waals surface area contributed by atoms with Gasteiger partial charge in [-0.1, -0.05) is 26.0 Å². The molecule has 1 heterocycles. The molecule has 0 spiro atoms. The molecule has 182 valence electrons. The van der Waals surface area contributed by atoms with Crippen LogP contribution in [0.1, 0.15) is 50.3 Å². The fourth-order valence-corrected chi connectivity index (χ4v) is 4.78. The molecule has 7 heteroatoms. The molecule has 0 radical (unpaired) electrons. The zero-order valence-corrected chi connectivity index (χ0v) is 21.7. The van der Waals surface area contributed by atoms with Crippen LogP contribution in [0.25, 0.3) is 6.08 Å². The quantitative estimate of drug-likeness (QED) is 0.382.